The summed E-state index contributed by atoms with van der Waals surface area (Å²) in [5.41, 5.74) is 2.03. The van der Waals surface area contributed by atoms with Crippen LogP contribution in [-0.2, 0) is 25.5 Å². The fourth-order valence-electron chi connectivity index (χ4n) is 3.10. The molecule has 2 aromatic heterocycles. The number of ether oxygens (including phenoxy) is 3. The number of amides is 3. The summed E-state index contributed by atoms with van der Waals surface area (Å²) in [7, 11) is 4.81. The lowest BCUT2D eigenvalue weighted by Crippen LogP contribution is -2.32. The number of methoxy groups -OCH3 is 1. The molecule has 0 saturated carbocycles. The number of pyridine rings is 2. The van der Waals surface area contributed by atoms with E-state index >= 15 is 0 Å². The predicted octanol–water partition coefficient (Wildman–Crippen LogP) is 2.57. The van der Waals surface area contributed by atoms with Gasteiger partial charge in [0.25, 0.3) is 6.29 Å². The number of aromatic nitrogens is 2. The third-order valence-corrected chi connectivity index (χ3v) is 5.16. The molecule has 0 unspecified atom stereocenters. The van der Waals surface area contributed by atoms with Crippen molar-refractivity contribution in [2.75, 3.05) is 49.9 Å². The van der Waals surface area contributed by atoms with Crippen LogP contribution < -0.4 is 15.5 Å². The molecule has 1 aliphatic rings. The van der Waals surface area contributed by atoms with Crippen molar-refractivity contribution in [2.24, 2.45) is 0 Å². The van der Waals surface area contributed by atoms with Gasteiger partial charge in [0.1, 0.15) is 35.9 Å². The van der Waals surface area contributed by atoms with E-state index in [2.05, 4.69) is 26.7 Å². The van der Waals surface area contributed by atoms with E-state index in [4.69, 9.17) is 14.2 Å². The van der Waals surface area contributed by atoms with Gasteiger partial charge in [-0.2, -0.15) is 5.26 Å². The molecular formula is C23H27N7O5. The summed E-state index contributed by atoms with van der Waals surface area (Å²) < 4.78 is 15.9. The zero-order valence-corrected chi connectivity index (χ0v) is 19.9. The second kappa shape index (κ2) is 11.7. The Morgan fingerprint density at radius 3 is 2.66 bits per heavy atom. The van der Waals surface area contributed by atoms with Crippen LogP contribution in [0, 0.1) is 11.3 Å². The van der Waals surface area contributed by atoms with Gasteiger partial charge in [-0.05, 0) is 6.07 Å². The number of urea groups is 1. The van der Waals surface area contributed by atoms with Crippen LogP contribution in [0.25, 0.3) is 0 Å². The summed E-state index contributed by atoms with van der Waals surface area (Å²) in [5.74, 6) is 0.485. The van der Waals surface area contributed by atoms with E-state index in [1.165, 1.54) is 35.4 Å². The zero-order chi connectivity index (χ0) is 25.4. The highest BCUT2D eigenvalue weighted by Gasteiger charge is 2.25. The maximum atomic E-state index is 12.9. The van der Waals surface area contributed by atoms with Gasteiger partial charge < -0.3 is 24.4 Å². The molecular weight excluding hydrogens is 454 g/mol. The smallest absolute Gasteiger partial charge is 0.328 e. The molecule has 35 heavy (non-hydrogen) atoms. The van der Waals surface area contributed by atoms with Crippen LogP contribution in [-0.4, -0.2) is 61.2 Å². The van der Waals surface area contributed by atoms with Crippen molar-refractivity contribution in [3.63, 3.8) is 0 Å². The molecule has 0 aliphatic carbocycles. The Morgan fingerprint density at radius 1 is 1.26 bits per heavy atom. The minimum absolute atomic E-state index is 0.103. The fraction of sp³-hybridized carbons (Fsp3) is 0.348. The normalized spacial score (nSPS) is 12.3. The minimum atomic E-state index is -0.789. The maximum Gasteiger partial charge on any atom is 0.328 e. The molecule has 0 spiro atoms. The van der Waals surface area contributed by atoms with E-state index in [0.717, 1.165) is 5.56 Å². The van der Waals surface area contributed by atoms with Crippen LogP contribution in [0.5, 0.6) is 0 Å². The van der Waals surface area contributed by atoms with Gasteiger partial charge in [0.2, 0.25) is 5.91 Å². The largest absolute Gasteiger partial charge is 0.454 e. The molecule has 0 radical (unpaired) electrons. The van der Waals surface area contributed by atoms with E-state index in [-0.39, 0.29) is 11.7 Å². The highest BCUT2D eigenvalue weighted by atomic mass is 16.7. The monoisotopic (exact) mass is 481 g/mol. The molecule has 12 heteroatoms. The maximum absolute atomic E-state index is 12.9. The van der Waals surface area contributed by atoms with Crippen molar-refractivity contribution in [2.45, 2.75) is 19.8 Å². The molecule has 1 aliphatic heterocycles. The van der Waals surface area contributed by atoms with Crippen molar-refractivity contribution < 1.29 is 23.8 Å². The molecule has 0 saturated heterocycles. The van der Waals surface area contributed by atoms with E-state index < -0.39 is 12.3 Å². The molecule has 2 aromatic rings. The van der Waals surface area contributed by atoms with Crippen molar-refractivity contribution in [1.82, 2.24) is 14.9 Å². The number of rotatable bonds is 9. The first kappa shape index (κ1) is 25.3. The van der Waals surface area contributed by atoms with Crippen molar-refractivity contribution in [3.8, 4) is 6.07 Å². The number of hydrogen-bond donors (Lipinski definition) is 2. The van der Waals surface area contributed by atoms with Gasteiger partial charge in [-0.15, -0.1) is 0 Å². The van der Waals surface area contributed by atoms with Gasteiger partial charge in [0, 0.05) is 59.0 Å². The summed E-state index contributed by atoms with van der Waals surface area (Å²) in [5, 5.41) is 15.1. The average Bonchev–Trinajstić information content (AvgIpc) is 3.39. The molecule has 0 atom stereocenters. The Balaban J connectivity index is 1.79. The highest BCUT2D eigenvalue weighted by Crippen LogP contribution is 2.28. The highest BCUT2D eigenvalue weighted by molar-refractivity contribution is 6.00. The van der Waals surface area contributed by atoms with E-state index in [0.29, 0.717) is 42.5 Å². The summed E-state index contributed by atoms with van der Waals surface area (Å²) in [4.78, 5) is 36.2. The summed E-state index contributed by atoms with van der Waals surface area (Å²) >= 11 is 0. The van der Waals surface area contributed by atoms with Crippen LogP contribution in [0.15, 0.2) is 36.9 Å². The van der Waals surface area contributed by atoms with Crippen molar-refractivity contribution >= 4 is 29.3 Å². The first-order valence-electron chi connectivity index (χ1n) is 10.7. The molecule has 3 heterocycles. The standard InChI is InChI=1S/C23H27N7O5/c1-15(31)29(2)14-16-5-6-20(28-21(16)22-34-9-10-35-22)30(3)23(32)27-19-11-18(25-7-8-33-4)17(12-24)13-26-19/h5-6,9-11,13,22H,7-8,14H2,1-4H3,(H2,25,26,27,32). The second-order valence-electron chi connectivity index (χ2n) is 7.60. The Hall–Kier alpha value is -4.37. The first-order valence-corrected chi connectivity index (χ1v) is 10.7. The molecule has 3 amide bonds. The minimum Gasteiger partial charge on any atom is -0.454 e. The van der Waals surface area contributed by atoms with Crippen molar-refractivity contribution in [1.29, 1.82) is 5.26 Å². The first-order chi connectivity index (χ1) is 16.8. The number of nitrogens with one attached hydrogen (secondary N) is 2. The lowest BCUT2D eigenvalue weighted by Gasteiger charge is -2.22. The lowest BCUT2D eigenvalue weighted by molar-refractivity contribution is -0.128. The predicted molar refractivity (Wildman–Crippen MR) is 127 cm³/mol. The van der Waals surface area contributed by atoms with Gasteiger partial charge in [0.05, 0.1) is 17.9 Å². The Kier molecular flexibility index (Phi) is 8.42. The van der Waals surface area contributed by atoms with Gasteiger partial charge >= 0.3 is 6.03 Å². The van der Waals surface area contributed by atoms with Crippen LogP contribution in [0.2, 0.25) is 0 Å². The molecule has 0 fully saturated rings. The van der Waals surface area contributed by atoms with Gasteiger partial charge in [0.15, 0.2) is 0 Å². The summed E-state index contributed by atoms with van der Waals surface area (Å²) in [6.45, 7) is 2.71. The Morgan fingerprint density at radius 2 is 2.00 bits per heavy atom. The number of nitriles is 1. The number of nitrogens with zero attached hydrogens (tertiary/aromatic N) is 5. The van der Waals surface area contributed by atoms with Gasteiger partial charge in [-0.3, -0.25) is 15.0 Å². The third kappa shape index (κ3) is 6.36. The topological polar surface area (TPSA) is 142 Å². The summed E-state index contributed by atoms with van der Waals surface area (Å²) in [6, 6.07) is 6.57. The zero-order valence-electron chi connectivity index (χ0n) is 19.9. The van der Waals surface area contributed by atoms with E-state index in [1.807, 2.05) is 0 Å². The number of carbonyl (C=O) groups excluding carboxylic acids is 2. The Labute approximate surface area is 203 Å². The molecule has 0 aromatic carbocycles. The average molecular weight is 482 g/mol. The van der Waals surface area contributed by atoms with E-state index in [1.54, 1.807) is 39.4 Å². The van der Waals surface area contributed by atoms with Crippen molar-refractivity contribution in [3.05, 3.63) is 53.7 Å². The lowest BCUT2D eigenvalue weighted by atomic mass is 10.1. The van der Waals surface area contributed by atoms with Crippen LogP contribution >= 0.6 is 0 Å². The van der Waals surface area contributed by atoms with Crippen LogP contribution in [0.1, 0.15) is 30.0 Å². The second-order valence-corrected chi connectivity index (χ2v) is 7.60. The number of carbonyl (C=O) groups is 2. The Bertz CT molecular complexity index is 1140. The number of hydrogen-bond acceptors (Lipinski definition) is 9. The summed E-state index contributed by atoms with van der Waals surface area (Å²) in [6.07, 6.45) is 3.40. The fourth-order valence-corrected chi connectivity index (χ4v) is 3.10. The molecule has 3 rings (SSSR count). The third-order valence-electron chi connectivity index (χ3n) is 5.16. The number of anilines is 3. The molecule has 2 N–H and O–H groups in total. The van der Waals surface area contributed by atoms with Crippen LogP contribution in [0.3, 0.4) is 0 Å². The molecule has 12 nitrogen and oxygen atoms in total. The SMILES string of the molecule is COCCNc1cc(NC(=O)N(C)c2ccc(CN(C)C(C)=O)c(C3OC=CO3)n2)ncc1C#N. The quantitative estimate of drug-likeness (QED) is 0.517. The van der Waals surface area contributed by atoms with Gasteiger partial charge in [-0.1, -0.05) is 6.07 Å². The molecule has 184 valence electrons. The van der Waals surface area contributed by atoms with Gasteiger partial charge in [-0.25, -0.2) is 14.8 Å². The van der Waals surface area contributed by atoms with E-state index in [9.17, 15) is 14.9 Å². The van der Waals surface area contributed by atoms with Crippen LogP contribution in [0.4, 0.5) is 22.1 Å². The molecule has 0 bridgehead atoms.